The molecule has 0 spiro atoms. The van der Waals surface area contributed by atoms with E-state index >= 15 is 0 Å². The Hall–Kier alpha value is -3.14. The Kier molecular flexibility index (Phi) is 7.99. The molecular formula is C25H30FN3O5. The van der Waals surface area contributed by atoms with Crippen LogP contribution in [0.3, 0.4) is 0 Å². The lowest BCUT2D eigenvalue weighted by atomic mass is 10.1. The molecule has 1 N–H and O–H groups in total. The van der Waals surface area contributed by atoms with Crippen molar-refractivity contribution in [2.45, 2.75) is 18.7 Å². The molecule has 8 nitrogen and oxygen atoms in total. The van der Waals surface area contributed by atoms with E-state index < -0.39 is 5.60 Å². The highest BCUT2D eigenvalue weighted by atomic mass is 19.1. The summed E-state index contributed by atoms with van der Waals surface area (Å²) in [6, 6.07) is 11.6. The molecule has 1 aromatic heterocycles. The topological polar surface area (TPSA) is 78.2 Å². The maximum atomic E-state index is 13.1. The quantitative estimate of drug-likeness (QED) is 0.487. The Balaban J connectivity index is 1.34. The van der Waals surface area contributed by atoms with Gasteiger partial charge >= 0.3 is 0 Å². The van der Waals surface area contributed by atoms with Gasteiger partial charge in [-0.2, -0.15) is 0 Å². The van der Waals surface area contributed by atoms with E-state index in [1.165, 1.54) is 12.1 Å². The molecule has 34 heavy (non-hydrogen) atoms. The largest absolute Gasteiger partial charge is 0.493 e. The van der Waals surface area contributed by atoms with Crippen molar-refractivity contribution in [3.05, 3.63) is 72.6 Å². The van der Waals surface area contributed by atoms with Gasteiger partial charge in [0.2, 0.25) is 0 Å². The number of ether oxygens (including phenoxy) is 4. The van der Waals surface area contributed by atoms with E-state index in [2.05, 4.69) is 9.88 Å². The van der Waals surface area contributed by atoms with E-state index in [1.807, 2.05) is 29.0 Å². The van der Waals surface area contributed by atoms with Gasteiger partial charge in [0.25, 0.3) is 0 Å². The van der Waals surface area contributed by atoms with E-state index in [0.29, 0.717) is 56.6 Å². The molecule has 1 saturated heterocycles. The molecule has 4 rings (SSSR count). The Morgan fingerprint density at radius 1 is 1.15 bits per heavy atom. The summed E-state index contributed by atoms with van der Waals surface area (Å²) in [6.07, 6.45) is 5.38. The number of nitrogens with zero attached hydrogens (tertiary/aromatic N) is 3. The van der Waals surface area contributed by atoms with Gasteiger partial charge < -0.3 is 28.6 Å². The first-order valence-corrected chi connectivity index (χ1v) is 11.2. The standard InChI is InChI=1S/C25H30FN3O5/c1-31-24-14-20(2-7-23(24)33-13-11-28-9-8-27-19-28)15-29-10-12-32-17-25(30,16-29)18-34-22-5-3-21(26)4-6-22/h2-9,14,19,30H,10-13,15-18H2,1H3/t25-/m0/s1. The molecular weight excluding hydrogens is 441 g/mol. The zero-order chi connectivity index (χ0) is 23.8. The minimum atomic E-state index is -1.19. The molecule has 0 radical (unpaired) electrons. The maximum Gasteiger partial charge on any atom is 0.161 e. The molecule has 1 atom stereocenters. The number of aliphatic hydroxyl groups is 1. The van der Waals surface area contributed by atoms with E-state index in [0.717, 1.165) is 5.56 Å². The predicted octanol–water partition coefficient (Wildman–Crippen LogP) is 2.75. The van der Waals surface area contributed by atoms with Crippen LogP contribution < -0.4 is 14.2 Å². The molecule has 0 saturated carbocycles. The van der Waals surface area contributed by atoms with Crippen molar-refractivity contribution in [2.24, 2.45) is 0 Å². The van der Waals surface area contributed by atoms with Crippen LogP contribution in [-0.4, -0.2) is 71.8 Å². The summed E-state index contributed by atoms with van der Waals surface area (Å²) < 4.78 is 37.8. The van der Waals surface area contributed by atoms with Gasteiger partial charge in [0, 0.05) is 32.0 Å². The Labute approximate surface area is 198 Å². The van der Waals surface area contributed by atoms with Crippen molar-refractivity contribution in [1.29, 1.82) is 0 Å². The number of rotatable bonds is 10. The Morgan fingerprint density at radius 2 is 2.00 bits per heavy atom. The summed E-state index contributed by atoms with van der Waals surface area (Å²) in [5, 5.41) is 11.1. The first kappa shape index (κ1) is 24.0. The lowest BCUT2D eigenvalue weighted by molar-refractivity contribution is -0.0646. The van der Waals surface area contributed by atoms with Crippen LogP contribution in [0.1, 0.15) is 5.56 Å². The summed E-state index contributed by atoms with van der Waals surface area (Å²) >= 11 is 0. The fourth-order valence-electron chi connectivity index (χ4n) is 3.84. The molecule has 182 valence electrons. The smallest absolute Gasteiger partial charge is 0.161 e. The fourth-order valence-corrected chi connectivity index (χ4v) is 3.84. The van der Waals surface area contributed by atoms with E-state index in [9.17, 15) is 9.50 Å². The summed E-state index contributed by atoms with van der Waals surface area (Å²) in [5.74, 6) is 1.50. The van der Waals surface area contributed by atoms with Crippen LogP contribution in [0.5, 0.6) is 17.2 Å². The number of benzene rings is 2. The first-order chi connectivity index (χ1) is 16.5. The normalized spacial score (nSPS) is 18.9. The molecule has 1 aliphatic rings. The zero-order valence-electron chi connectivity index (χ0n) is 19.2. The van der Waals surface area contributed by atoms with Crippen LogP contribution in [0, 0.1) is 5.82 Å². The third-order valence-electron chi connectivity index (χ3n) is 5.56. The Morgan fingerprint density at radius 3 is 2.76 bits per heavy atom. The highest BCUT2D eigenvalue weighted by Gasteiger charge is 2.33. The minimum absolute atomic E-state index is 0.0438. The second kappa shape index (κ2) is 11.3. The summed E-state index contributed by atoms with van der Waals surface area (Å²) in [5.41, 5.74) is -0.159. The van der Waals surface area contributed by atoms with Gasteiger partial charge in [0.15, 0.2) is 11.5 Å². The van der Waals surface area contributed by atoms with Crippen LogP contribution in [0.25, 0.3) is 0 Å². The third kappa shape index (κ3) is 6.69. The number of aromatic nitrogens is 2. The van der Waals surface area contributed by atoms with Crippen LogP contribution in [0.2, 0.25) is 0 Å². The second-order valence-electron chi connectivity index (χ2n) is 8.36. The maximum absolute atomic E-state index is 13.1. The highest BCUT2D eigenvalue weighted by molar-refractivity contribution is 5.43. The van der Waals surface area contributed by atoms with Crippen molar-refractivity contribution in [3.63, 3.8) is 0 Å². The number of halogens is 1. The summed E-state index contributed by atoms with van der Waals surface area (Å²) in [4.78, 5) is 6.15. The van der Waals surface area contributed by atoms with Gasteiger partial charge in [-0.1, -0.05) is 6.07 Å². The fraction of sp³-hybridized carbons (Fsp3) is 0.400. The average molecular weight is 472 g/mol. The Bertz CT molecular complexity index is 1030. The number of hydrogen-bond acceptors (Lipinski definition) is 7. The van der Waals surface area contributed by atoms with Crippen molar-refractivity contribution < 1.29 is 28.4 Å². The molecule has 0 amide bonds. The molecule has 0 bridgehead atoms. The van der Waals surface area contributed by atoms with Crippen molar-refractivity contribution >= 4 is 0 Å². The molecule has 2 heterocycles. The van der Waals surface area contributed by atoms with E-state index in [-0.39, 0.29) is 19.0 Å². The van der Waals surface area contributed by atoms with Crippen molar-refractivity contribution in [1.82, 2.24) is 14.5 Å². The van der Waals surface area contributed by atoms with Gasteiger partial charge in [-0.05, 0) is 42.0 Å². The number of imidazole rings is 1. The van der Waals surface area contributed by atoms with Gasteiger partial charge in [-0.25, -0.2) is 9.37 Å². The summed E-state index contributed by atoms with van der Waals surface area (Å²) in [7, 11) is 1.62. The molecule has 1 fully saturated rings. The summed E-state index contributed by atoms with van der Waals surface area (Å²) in [6.45, 7) is 3.55. The van der Waals surface area contributed by atoms with Crippen LogP contribution in [0.4, 0.5) is 4.39 Å². The van der Waals surface area contributed by atoms with Crippen molar-refractivity contribution in [2.75, 3.05) is 46.6 Å². The molecule has 9 heteroatoms. The SMILES string of the molecule is COc1cc(CN2CCOC[C@](O)(COc3ccc(F)cc3)C2)ccc1OCCn1ccnc1. The van der Waals surface area contributed by atoms with Gasteiger partial charge in [0.1, 0.15) is 30.4 Å². The van der Waals surface area contributed by atoms with Crippen LogP contribution in [0.15, 0.2) is 61.2 Å². The average Bonchev–Trinajstić information content (AvgIpc) is 3.29. The van der Waals surface area contributed by atoms with Gasteiger partial charge in [0.05, 0.1) is 33.2 Å². The third-order valence-corrected chi connectivity index (χ3v) is 5.56. The van der Waals surface area contributed by atoms with E-state index in [4.69, 9.17) is 18.9 Å². The number of hydrogen-bond donors (Lipinski definition) is 1. The minimum Gasteiger partial charge on any atom is -0.493 e. The second-order valence-corrected chi connectivity index (χ2v) is 8.36. The monoisotopic (exact) mass is 471 g/mol. The lowest BCUT2D eigenvalue weighted by Crippen LogP contribution is -2.48. The number of β-amino-alcohol motifs (C(OH)–C–C–N with tert-alkyl or cyclic N) is 1. The van der Waals surface area contributed by atoms with Crippen LogP contribution in [-0.2, 0) is 17.8 Å². The first-order valence-electron chi connectivity index (χ1n) is 11.2. The number of methoxy groups -OCH3 is 1. The predicted molar refractivity (Wildman–Crippen MR) is 124 cm³/mol. The molecule has 0 unspecified atom stereocenters. The highest BCUT2D eigenvalue weighted by Crippen LogP contribution is 2.29. The zero-order valence-corrected chi connectivity index (χ0v) is 19.2. The van der Waals surface area contributed by atoms with E-state index in [1.54, 1.807) is 31.8 Å². The van der Waals surface area contributed by atoms with Gasteiger partial charge in [-0.15, -0.1) is 0 Å². The lowest BCUT2D eigenvalue weighted by Gasteiger charge is -2.30. The molecule has 2 aromatic carbocycles. The van der Waals surface area contributed by atoms with Gasteiger partial charge in [-0.3, -0.25) is 4.90 Å². The molecule has 0 aliphatic carbocycles. The van der Waals surface area contributed by atoms with Crippen molar-refractivity contribution in [3.8, 4) is 17.2 Å². The van der Waals surface area contributed by atoms with Crippen LogP contribution >= 0.6 is 0 Å². The molecule has 1 aliphatic heterocycles. The molecule has 3 aromatic rings.